The van der Waals surface area contributed by atoms with E-state index >= 15 is 0 Å². The number of halogens is 5. The normalized spacial score (nSPS) is 11.7. The number of ether oxygens (including phenoxy) is 1. The van der Waals surface area contributed by atoms with Gasteiger partial charge in [-0.2, -0.15) is 13.2 Å². The van der Waals surface area contributed by atoms with E-state index in [4.69, 9.17) is 0 Å². The molecular formula is C10H8F5NO3. The van der Waals surface area contributed by atoms with Gasteiger partial charge in [0.2, 0.25) is 0 Å². The Morgan fingerprint density at radius 2 is 2.05 bits per heavy atom. The molecule has 9 heteroatoms. The Morgan fingerprint density at radius 3 is 2.47 bits per heavy atom. The summed E-state index contributed by atoms with van der Waals surface area (Å²) in [5.74, 6) is -2.72. The minimum atomic E-state index is -5.28. The summed E-state index contributed by atoms with van der Waals surface area (Å²) in [6.07, 6.45) is -8.48. The molecule has 0 unspecified atom stereocenters. The number of esters is 1. The second kappa shape index (κ2) is 5.37. The summed E-state index contributed by atoms with van der Waals surface area (Å²) in [6.45, 7) is 1.04. The van der Waals surface area contributed by atoms with Crippen LogP contribution in [-0.4, -0.2) is 22.7 Å². The molecule has 0 aliphatic rings. The second-order valence-corrected chi connectivity index (χ2v) is 3.30. The van der Waals surface area contributed by atoms with Gasteiger partial charge in [-0.3, -0.25) is 4.98 Å². The van der Waals surface area contributed by atoms with Gasteiger partial charge >= 0.3 is 12.1 Å². The van der Waals surface area contributed by atoms with Crippen LogP contribution in [0.4, 0.5) is 22.0 Å². The van der Waals surface area contributed by atoms with Gasteiger partial charge in [0, 0.05) is 0 Å². The van der Waals surface area contributed by atoms with Gasteiger partial charge in [-0.05, 0) is 6.92 Å². The van der Waals surface area contributed by atoms with E-state index in [1.165, 1.54) is 6.92 Å². The Bertz CT molecular complexity index is 487. The van der Waals surface area contributed by atoms with Crippen molar-refractivity contribution >= 4 is 5.97 Å². The van der Waals surface area contributed by atoms with Crippen LogP contribution in [0.2, 0.25) is 0 Å². The molecule has 0 spiro atoms. The van der Waals surface area contributed by atoms with Crippen LogP contribution in [0.1, 0.15) is 35.0 Å². The van der Waals surface area contributed by atoms with E-state index in [1.54, 1.807) is 0 Å². The monoisotopic (exact) mass is 285 g/mol. The molecule has 1 rings (SSSR count). The fourth-order valence-corrected chi connectivity index (χ4v) is 1.38. The quantitative estimate of drug-likeness (QED) is 0.685. The molecule has 0 aliphatic heterocycles. The third-order valence-corrected chi connectivity index (χ3v) is 2.06. The van der Waals surface area contributed by atoms with Gasteiger partial charge in [-0.1, -0.05) is 0 Å². The third kappa shape index (κ3) is 3.09. The number of carbonyl (C=O) groups excluding carboxylic acids is 1. The van der Waals surface area contributed by atoms with Gasteiger partial charge in [0.05, 0.1) is 12.8 Å². The number of carbonyl (C=O) groups is 1. The number of alkyl halides is 5. The minimum absolute atomic E-state index is 0.276. The van der Waals surface area contributed by atoms with Crippen molar-refractivity contribution in [1.29, 1.82) is 0 Å². The molecule has 19 heavy (non-hydrogen) atoms. The Balaban J connectivity index is 3.59. The maximum absolute atomic E-state index is 12.8. The molecule has 0 saturated heterocycles. The van der Waals surface area contributed by atoms with Crippen LogP contribution in [0, 0.1) is 0 Å². The Kier molecular flexibility index (Phi) is 4.28. The highest BCUT2D eigenvalue weighted by molar-refractivity contribution is 5.94. The smallest absolute Gasteiger partial charge is 0.419 e. The van der Waals surface area contributed by atoms with Crippen molar-refractivity contribution < 1.29 is 36.6 Å². The lowest BCUT2D eigenvalue weighted by Crippen LogP contribution is -2.19. The molecule has 0 amide bonds. The van der Waals surface area contributed by atoms with E-state index < -0.39 is 41.1 Å². The average Bonchev–Trinajstić information content (AvgIpc) is 2.26. The number of aromatic hydroxyl groups is 1. The summed E-state index contributed by atoms with van der Waals surface area (Å²) < 4.78 is 67.6. The molecule has 1 N–H and O–H groups in total. The van der Waals surface area contributed by atoms with Gasteiger partial charge in [0.1, 0.15) is 22.6 Å². The molecule has 0 saturated carbocycles. The zero-order valence-corrected chi connectivity index (χ0v) is 9.46. The number of aromatic nitrogens is 1. The summed E-state index contributed by atoms with van der Waals surface area (Å²) in [5, 5.41) is 9.25. The average molecular weight is 285 g/mol. The Hall–Kier alpha value is -1.93. The maximum atomic E-state index is 12.8. The van der Waals surface area contributed by atoms with Crippen molar-refractivity contribution in [2.45, 2.75) is 19.5 Å². The molecule has 0 fully saturated rings. The molecule has 1 aromatic heterocycles. The number of hydrogen-bond acceptors (Lipinski definition) is 4. The highest BCUT2D eigenvalue weighted by atomic mass is 19.4. The van der Waals surface area contributed by atoms with Gasteiger partial charge in [-0.25, -0.2) is 13.6 Å². The van der Waals surface area contributed by atoms with Crippen LogP contribution in [0.25, 0.3) is 0 Å². The molecule has 106 valence electrons. The Labute approximate surface area is 103 Å². The van der Waals surface area contributed by atoms with Crippen molar-refractivity contribution in [2.75, 3.05) is 6.61 Å². The van der Waals surface area contributed by atoms with Crippen molar-refractivity contribution in [3.05, 3.63) is 23.0 Å². The fourth-order valence-electron chi connectivity index (χ4n) is 1.38. The number of pyridine rings is 1. The third-order valence-electron chi connectivity index (χ3n) is 2.06. The summed E-state index contributed by atoms with van der Waals surface area (Å²) in [7, 11) is 0. The van der Waals surface area contributed by atoms with E-state index in [0.717, 1.165) is 0 Å². The summed E-state index contributed by atoms with van der Waals surface area (Å²) in [4.78, 5) is 14.2. The van der Waals surface area contributed by atoms with Crippen LogP contribution < -0.4 is 0 Å². The van der Waals surface area contributed by atoms with Crippen LogP contribution in [0.3, 0.4) is 0 Å². The molecule has 4 nitrogen and oxygen atoms in total. The van der Waals surface area contributed by atoms with Gasteiger partial charge in [-0.15, -0.1) is 0 Å². The van der Waals surface area contributed by atoms with E-state index in [-0.39, 0.29) is 6.61 Å². The first-order valence-corrected chi connectivity index (χ1v) is 4.94. The van der Waals surface area contributed by atoms with Crippen LogP contribution in [0.15, 0.2) is 6.20 Å². The summed E-state index contributed by atoms with van der Waals surface area (Å²) in [5.41, 5.74) is -4.98. The first kappa shape index (κ1) is 15.1. The topological polar surface area (TPSA) is 59.4 Å². The van der Waals surface area contributed by atoms with Crippen molar-refractivity contribution in [3.8, 4) is 5.75 Å². The highest BCUT2D eigenvalue weighted by Crippen LogP contribution is 2.40. The second-order valence-electron chi connectivity index (χ2n) is 3.30. The Morgan fingerprint density at radius 1 is 1.47 bits per heavy atom. The first-order chi connectivity index (χ1) is 8.70. The first-order valence-electron chi connectivity index (χ1n) is 4.94. The lowest BCUT2D eigenvalue weighted by Gasteiger charge is -2.16. The SMILES string of the molecule is CCOC(=O)c1c(O)cnc(C(F)F)c1C(F)(F)F. The predicted molar refractivity (Wildman–Crippen MR) is 51.8 cm³/mol. The summed E-state index contributed by atoms with van der Waals surface area (Å²) >= 11 is 0. The van der Waals surface area contributed by atoms with Crippen molar-refractivity contribution in [1.82, 2.24) is 4.98 Å². The standard InChI is InChI=1S/C10H8F5NO3/c1-2-19-9(18)5-4(17)3-16-7(8(11)12)6(5)10(13,14)15/h3,8,17H,2H2,1H3. The summed E-state index contributed by atoms with van der Waals surface area (Å²) in [6, 6.07) is 0. The molecule has 0 atom stereocenters. The molecule has 1 aromatic rings. The molecule has 0 radical (unpaired) electrons. The van der Waals surface area contributed by atoms with Gasteiger partial charge in [0.15, 0.2) is 0 Å². The van der Waals surface area contributed by atoms with Crippen molar-refractivity contribution in [3.63, 3.8) is 0 Å². The molecular weight excluding hydrogens is 277 g/mol. The largest absolute Gasteiger partial charge is 0.505 e. The van der Waals surface area contributed by atoms with Crippen molar-refractivity contribution in [2.24, 2.45) is 0 Å². The van der Waals surface area contributed by atoms with Crippen LogP contribution in [0.5, 0.6) is 5.75 Å². The number of hydrogen-bond donors (Lipinski definition) is 1. The zero-order valence-electron chi connectivity index (χ0n) is 9.46. The van der Waals surface area contributed by atoms with Gasteiger partial charge < -0.3 is 9.84 Å². The van der Waals surface area contributed by atoms with E-state index in [9.17, 15) is 31.9 Å². The minimum Gasteiger partial charge on any atom is -0.505 e. The molecule has 0 aromatic carbocycles. The molecule has 0 aliphatic carbocycles. The zero-order chi connectivity index (χ0) is 14.8. The number of rotatable bonds is 3. The van der Waals surface area contributed by atoms with E-state index in [0.29, 0.717) is 6.20 Å². The van der Waals surface area contributed by atoms with Gasteiger partial charge in [0.25, 0.3) is 6.43 Å². The van der Waals surface area contributed by atoms with E-state index in [2.05, 4.69) is 9.72 Å². The maximum Gasteiger partial charge on any atom is 0.419 e. The van der Waals surface area contributed by atoms with Crippen LogP contribution >= 0.6 is 0 Å². The van der Waals surface area contributed by atoms with E-state index in [1.807, 2.05) is 0 Å². The highest BCUT2D eigenvalue weighted by Gasteiger charge is 2.43. The van der Waals surface area contributed by atoms with Crippen LogP contribution in [-0.2, 0) is 10.9 Å². The molecule has 1 heterocycles. The number of nitrogens with zero attached hydrogens (tertiary/aromatic N) is 1. The lowest BCUT2D eigenvalue weighted by molar-refractivity contribution is -0.140. The molecule has 0 bridgehead atoms. The fraction of sp³-hybridized carbons (Fsp3) is 0.400. The lowest BCUT2D eigenvalue weighted by atomic mass is 10.0. The predicted octanol–water partition coefficient (Wildman–Crippen LogP) is 2.92.